The zero-order chi connectivity index (χ0) is 22.5. The lowest BCUT2D eigenvalue weighted by molar-refractivity contribution is -0.139. The van der Waals surface area contributed by atoms with Crippen molar-refractivity contribution in [1.82, 2.24) is 15.3 Å². The van der Waals surface area contributed by atoms with Crippen molar-refractivity contribution in [2.45, 2.75) is 44.6 Å². The van der Waals surface area contributed by atoms with E-state index in [0.29, 0.717) is 17.8 Å². The number of nitrogens with two attached hydrogens (primary N) is 2. The molecule has 11 heteroatoms. The van der Waals surface area contributed by atoms with Crippen LogP contribution in [0.4, 0.5) is 5.82 Å². The number of anilines is 1. The first kappa shape index (κ1) is 22.5. The second-order valence-electron chi connectivity index (χ2n) is 7.51. The highest BCUT2D eigenvalue weighted by Crippen LogP contribution is 2.41. The summed E-state index contributed by atoms with van der Waals surface area (Å²) < 4.78 is 0. The normalized spacial score (nSPS) is 16.6. The summed E-state index contributed by atoms with van der Waals surface area (Å²) >= 11 is 1.37. The molecule has 3 rings (SSSR count). The minimum atomic E-state index is -1.09. The number of fused-ring (bicyclic) bond motifs is 1. The van der Waals surface area contributed by atoms with Crippen molar-refractivity contribution in [1.29, 1.82) is 0 Å². The molecule has 0 saturated heterocycles. The monoisotopic (exact) mass is 445 g/mol. The van der Waals surface area contributed by atoms with E-state index >= 15 is 0 Å². The van der Waals surface area contributed by atoms with E-state index < -0.39 is 17.9 Å². The van der Waals surface area contributed by atoms with Crippen LogP contribution < -0.4 is 22.1 Å². The molecule has 2 aromatic heterocycles. The number of hydrogen-bond acceptors (Lipinski definition) is 7. The number of carboxylic acids is 1. The van der Waals surface area contributed by atoms with Crippen LogP contribution in [0.3, 0.4) is 0 Å². The van der Waals surface area contributed by atoms with Crippen LogP contribution in [0.15, 0.2) is 23.3 Å². The van der Waals surface area contributed by atoms with Crippen LogP contribution in [0.2, 0.25) is 0 Å². The van der Waals surface area contributed by atoms with E-state index in [1.807, 2.05) is 19.2 Å². The summed E-state index contributed by atoms with van der Waals surface area (Å²) in [6.45, 7) is 5.03. The number of carboxylic acid groups (broad SMARTS) is 1. The smallest absolute Gasteiger partial charge is 0.326 e. The number of aryl methyl sites for hydroxylation is 1. The van der Waals surface area contributed by atoms with Gasteiger partial charge in [-0.15, -0.1) is 11.3 Å². The van der Waals surface area contributed by atoms with Crippen molar-refractivity contribution in [2.24, 2.45) is 16.5 Å². The third kappa shape index (κ3) is 5.48. The molecule has 1 aliphatic rings. The number of guanidine groups is 1. The predicted octanol–water partition coefficient (Wildman–Crippen LogP) is 1.40. The molecule has 0 bridgehead atoms. The average Bonchev–Trinajstić information content (AvgIpc) is 3.36. The van der Waals surface area contributed by atoms with Crippen LogP contribution in [-0.4, -0.2) is 52.0 Å². The molecule has 0 spiro atoms. The number of carbonyl (C=O) groups is 2. The van der Waals surface area contributed by atoms with Gasteiger partial charge in [-0.1, -0.05) is 6.92 Å². The molecule has 7 N–H and O–H groups in total. The van der Waals surface area contributed by atoms with Gasteiger partial charge in [0.25, 0.3) is 5.91 Å². The number of aliphatic imine (C=N–C) groups is 1. The van der Waals surface area contributed by atoms with Gasteiger partial charge in [0.2, 0.25) is 0 Å². The van der Waals surface area contributed by atoms with Crippen LogP contribution in [0.25, 0.3) is 0 Å². The first-order valence-electron chi connectivity index (χ1n) is 10.0. The highest BCUT2D eigenvalue weighted by atomic mass is 32.1. The molecule has 3 atom stereocenters. The maximum atomic E-state index is 12.6. The Morgan fingerprint density at radius 1 is 1.42 bits per heavy atom. The fourth-order valence-electron chi connectivity index (χ4n) is 3.56. The van der Waals surface area contributed by atoms with Crippen LogP contribution in [0.5, 0.6) is 0 Å². The summed E-state index contributed by atoms with van der Waals surface area (Å²) in [5.41, 5.74) is 11.6. The lowest BCUT2D eigenvalue weighted by Crippen LogP contribution is -2.40. The molecule has 0 aliphatic carbocycles. The largest absolute Gasteiger partial charge is 0.480 e. The Morgan fingerprint density at radius 2 is 2.19 bits per heavy atom. The second-order valence-corrected chi connectivity index (χ2v) is 8.63. The van der Waals surface area contributed by atoms with Gasteiger partial charge >= 0.3 is 5.97 Å². The van der Waals surface area contributed by atoms with Gasteiger partial charge in [-0.05, 0) is 37.8 Å². The van der Waals surface area contributed by atoms with E-state index in [1.165, 1.54) is 11.3 Å². The Labute approximate surface area is 184 Å². The van der Waals surface area contributed by atoms with Crippen molar-refractivity contribution in [3.63, 3.8) is 0 Å². The van der Waals surface area contributed by atoms with E-state index in [2.05, 4.69) is 32.5 Å². The van der Waals surface area contributed by atoms with E-state index in [0.717, 1.165) is 28.6 Å². The zero-order valence-electron chi connectivity index (χ0n) is 17.5. The molecule has 0 radical (unpaired) electrons. The number of thiophene rings is 1. The van der Waals surface area contributed by atoms with Gasteiger partial charge in [-0.25, -0.2) is 14.8 Å². The summed E-state index contributed by atoms with van der Waals surface area (Å²) in [6, 6.07) is 2.65. The number of rotatable bonds is 9. The zero-order valence-corrected chi connectivity index (χ0v) is 18.3. The quantitative estimate of drug-likeness (QED) is 0.219. The number of nitrogens with zero attached hydrogens (tertiary/aromatic N) is 3. The van der Waals surface area contributed by atoms with Crippen molar-refractivity contribution < 1.29 is 14.7 Å². The van der Waals surface area contributed by atoms with Crippen LogP contribution >= 0.6 is 11.3 Å². The third-order valence-corrected chi connectivity index (χ3v) is 6.56. The van der Waals surface area contributed by atoms with Gasteiger partial charge in [-0.2, -0.15) is 0 Å². The Bertz CT molecular complexity index is 987. The first-order chi connectivity index (χ1) is 14.8. The highest BCUT2D eigenvalue weighted by Gasteiger charge is 2.31. The summed E-state index contributed by atoms with van der Waals surface area (Å²) in [5.74, 6) is 0.408. The third-order valence-electron chi connectivity index (χ3n) is 5.28. The van der Waals surface area contributed by atoms with Gasteiger partial charge in [0.05, 0.1) is 4.88 Å². The number of amides is 1. The number of hydrogen-bond donors (Lipinski definition) is 5. The van der Waals surface area contributed by atoms with Crippen molar-refractivity contribution in [3.8, 4) is 0 Å². The first-order valence-corrected chi connectivity index (χ1v) is 10.8. The van der Waals surface area contributed by atoms with E-state index in [4.69, 9.17) is 11.5 Å². The van der Waals surface area contributed by atoms with Crippen molar-refractivity contribution >= 4 is 35.0 Å². The maximum Gasteiger partial charge on any atom is 0.326 e. The molecule has 31 heavy (non-hydrogen) atoms. The lowest BCUT2D eigenvalue weighted by atomic mass is 9.89. The Hall–Kier alpha value is -3.21. The molecule has 1 amide bonds. The molecule has 0 aromatic carbocycles. The molecule has 2 aromatic rings. The van der Waals surface area contributed by atoms with Crippen LogP contribution in [0.1, 0.15) is 57.5 Å². The summed E-state index contributed by atoms with van der Waals surface area (Å²) in [4.78, 5) is 38.2. The van der Waals surface area contributed by atoms with Gasteiger partial charge in [0.1, 0.15) is 17.7 Å². The van der Waals surface area contributed by atoms with E-state index in [-0.39, 0.29) is 24.2 Å². The van der Waals surface area contributed by atoms with Crippen molar-refractivity contribution in [3.05, 3.63) is 39.5 Å². The lowest BCUT2D eigenvalue weighted by Gasteiger charge is -2.17. The SMILES string of the molecule is Cc1ncc2c(n1)NCC2C(C)c1ccc(C(=O)N[C@@H](CCCN=C(N)N)C(=O)O)s1. The molecular weight excluding hydrogens is 418 g/mol. The van der Waals surface area contributed by atoms with Gasteiger partial charge in [-0.3, -0.25) is 9.79 Å². The summed E-state index contributed by atoms with van der Waals surface area (Å²) in [6.07, 6.45) is 2.54. The number of nitrogens with one attached hydrogen (secondary N) is 2. The second kappa shape index (κ2) is 9.73. The molecule has 2 unspecified atom stereocenters. The molecule has 10 nitrogen and oxygen atoms in total. The van der Waals surface area contributed by atoms with Gasteiger partial charge in [0, 0.05) is 35.6 Å². The van der Waals surface area contributed by atoms with E-state index in [1.54, 1.807) is 6.07 Å². The molecule has 3 heterocycles. The topological polar surface area (TPSA) is 169 Å². The number of aromatic nitrogens is 2. The molecule has 0 fully saturated rings. The van der Waals surface area contributed by atoms with Crippen LogP contribution in [-0.2, 0) is 4.79 Å². The van der Waals surface area contributed by atoms with Gasteiger partial charge in [0.15, 0.2) is 5.96 Å². The minimum Gasteiger partial charge on any atom is -0.480 e. The maximum absolute atomic E-state index is 12.6. The number of aliphatic carboxylic acids is 1. The Morgan fingerprint density at radius 3 is 2.90 bits per heavy atom. The summed E-state index contributed by atoms with van der Waals surface area (Å²) in [7, 11) is 0. The van der Waals surface area contributed by atoms with Crippen LogP contribution in [0, 0.1) is 6.92 Å². The standard InChI is InChI=1S/C20H27N7O3S/c1-10(12-8-25-17-13(12)9-24-11(2)26-17)15-5-6-16(31-15)18(28)27-14(19(29)30)4-3-7-23-20(21)22/h5-6,9-10,12,14H,3-4,7-8H2,1-2H3,(H,27,28)(H,29,30)(H4,21,22,23)(H,24,25,26)/t10?,12?,14-/m0/s1. The fraction of sp³-hybridized carbons (Fsp3) is 0.450. The fourth-order valence-corrected chi connectivity index (χ4v) is 4.59. The van der Waals surface area contributed by atoms with Crippen molar-refractivity contribution in [2.75, 3.05) is 18.4 Å². The number of carbonyl (C=O) groups excluding carboxylic acids is 1. The average molecular weight is 446 g/mol. The predicted molar refractivity (Wildman–Crippen MR) is 120 cm³/mol. The minimum absolute atomic E-state index is 0.0436. The molecule has 166 valence electrons. The Balaban J connectivity index is 1.64. The Kier molecular flexibility index (Phi) is 7.06. The highest BCUT2D eigenvalue weighted by molar-refractivity contribution is 7.14. The molecule has 0 saturated carbocycles. The van der Waals surface area contributed by atoms with Gasteiger partial charge < -0.3 is 27.2 Å². The molecule has 1 aliphatic heterocycles. The van der Waals surface area contributed by atoms with E-state index in [9.17, 15) is 14.7 Å². The molecular formula is C20H27N7O3S. The summed E-state index contributed by atoms with van der Waals surface area (Å²) in [5, 5.41) is 15.3.